The molecule has 8 nitrogen and oxygen atoms in total. The maximum atomic E-state index is 12.7. The summed E-state index contributed by atoms with van der Waals surface area (Å²) in [6.45, 7) is 3.87. The quantitative estimate of drug-likeness (QED) is 0.593. The van der Waals surface area contributed by atoms with E-state index in [1.165, 1.54) is 0 Å². The zero-order valence-corrected chi connectivity index (χ0v) is 19.8. The number of methoxy groups -OCH3 is 1. The van der Waals surface area contributed by atoms with Crippen molar-refractivity contribution in [2.24, 2.45) is 0 Å². The minimum Gasteiger partial charge on any atom is -0.497 e. The lowest BCUT2D eigenvalue weighted by Crippen LogP contribution is -2.41. The number of amides is 4. The third kappa shape index (κ3) is 8.51. The summed E-state index contributed by atoms with van der Waals surface area (Å²) in [6, 6.07) is 16.8. The van der Waals surface area contributed by atoms with Crippen molar-refractivity contribution in [1.29, 1.82) is 0 Å². The van der Waals surface area contributed by atoms with Crippen molar-refractivity contribution in [1.82, 2.24) is 20.4 Å². The van der Waals surface area contributed by atoms with Gasteiger partial charge >= 0.3 is 6.03 Å². The van der Waals surface area contributed by atoms with E-state index in [1.54, 1.807) is 7.11 Å². The highest BCUT2D eigenvalue weighted by Crippen LogP contribution is 2.14. The van der Waals surface area contributed by atoms with Crippen LogP contribution in [0, 0.1) is 0 Å². The number of imide groups is 1. The molecule has 2 aromatic rings. The van der Waals surface area contributed by atoms with Crippen molar-refractivity contribution in [3.63, 3.8) is 0 Å². The average Bonchev–Trinajstić information content (AvgIpc) is 3.11. The number of ether oxygens (including phenoxy) is 1. The number of carbonyl (C=O) groups is 3. The molecule has 1 aliphatic rings. The molecule has 2 N–H and O–H groups in total. The monoisotopic (exact) mass is 466 g/mol. The highest BCUT2D eigenvalue weighted by atomic mass is 16.5. The number of hydrogen-bond donors (Lipinski definition) is 2. The maximum Gasteiger partial charge on any atom is 0.321 e. The van der Waals surface area contributed by atoms with Crippen LogP contribution in [0.5, 0.6) is 5.75 Å². The average molecular weight is 467 g/mol. The second-order valence-corrected chi connectivity index (χ2v) is 8.39. The summed E-state index contributed by atoms with van der Waals surface area (Å²) in [4.78, 5) is 40.9. The van der Waals surface area contributed by atoms with E-state index in [2.05, 4.69) is 15.5 Å². The minimum absolute atomic E-state index is 0.158. The first-order valence-electron chi connectivity index (χ1n) is 11.8. The standard InChI is InChI=1S/C26H34N4O4/c1-34-23-11-8-21(9-12-23)10-13-25(32)30-16-5-15-29(18-19-30)17-14-24(31)28-26(33)27-20-22-6-3-2-4-7-22/h2-4,6-9,11-12H,5,10,13-20H2,1H3,(H2,27,28,31,33). The summed E-state index contributed by atoms with van der Waals surface area (Å²) < 4.78 is 5.17. The van der Waals surface area contributed by atoms with Crippen LogP contribution >= 0.6 is 0 Å². The maximum absolute atomic E-state index is 12.7. The van der Waals surface area contributed by atoms with E-state index < -0.39 is 6.03 Å². The number of hydrogen-bond acceptors (Lipinski definition) is 5. The molecular formula is C26H34N4O4. The fourth-order valence-electron chi connectivity index (χ4n) is 3.92. The van der Waals surface area contributed by atoms with Gasteiger partial charge in [-0.15, -0.1) is 0 Å². The number of aryl methyl sites for hydroxylation is 1. The van der Waals surface area contributed by atoms with Crippen molar-refractivity contribution < 1.29 is 19.1 Å². The summed E-state index contributed by atoms with van der Waals surface area (Å²) in [5.41, 5.74) is 2.09. The van der Waals surface area contributed by atoms with E-state index in [4.69, 9.17) is 4.74 Å². The van der Waals surface area contributed by atoms with Gasteiger partial charge in [-0.3, -0.25) is 14.9 Å². The van der Waals surface area contributed by atoms with Gasteiger partial charge in [0.15, 0.2) is 0 Å². The Morgan fingerprint density at radius 2 is 1.65 bits per heavy atom. The molecule has 0 bridgehead atoms. The van der Waals surface area contributed by atoms with Crippen LogP contribution in [0.25, 0.3) is 0 Å². The smallest absolute Gasteiger partial charge is 0.321 e. The lowest BCUT2D eigenvalue weighted by Gasteiger charge is -2.22. The SMILES string of the molecule is COc1ccc(CCC(=O)N2CCCN(CCC(=O)NC(=O)NCc3ccccc3)CC2)cc1. The number of rotatable bonds is 9. The van der Waals surface area contributed by atoms with Crippen molar-refractivity contribution in [3.05, 3.63) is 65.7 Å². The van der Waals surface area contributed by atoms with Gasteiger partial charge in [0.25, 0.3) is 0 Å². The molecule has 2 aromatic carbocycles. The molecule has 1 fully saturated rings. The molecule has 34 heavy (non-hydrogen) atoms. The lowest BCUT2D eigenvalue weighted by atomic mass is 10.1. The van der Waals surface area contributed by atoms with E-state index in [9.17, 15) is 14.4 Å². The summed E-state index contributed by atoms with van der Waals surface area (Å²) in [5, 5.41) is 5.07. The van der Waals surface area contributed by atoms with Gasteiger partial charge in [0, 0.05) is 45.6 Å². The second-order valence-electron chi connectivity index (χ2n) is 8.39. The fourth-order valence-corrected chi connectivity index (χ4v) is 3.92. The first-order chi connectivity index (χ1) is 16.5. The van der Waals surface area contributed by atoms with Gasteiger partial charge in [-0.2, -0.15) is 0 Å². The van der Waals surface area contributed by atoms with E-state index in [1.807, 2.05) is 59.5 Å². The predicted octanol–water partition coefficient (Wildman–Crippen LogP) is 2.58. The molecule has 1 aliphatic heterocycles. The van der Waals surface area contributed by atoms with Crippen molar-refractivity contribution in [3.8, 4) is 5.75 Å². The van der Waals surface area contributed by atoms with Gasteiger partial charge in [-0.25, -0.2) is 4.79 Å². The van der Waals surface area contributed by atoms with Gasteiger partial charge in [0.2, 0.25) is 11.8 Å². The molecule has 1 saturated heterocycles. The predicted molar refractivity (Wildman–Crippen MR) is 130 cm³/mol. The Labute approximate surface area is 201 Å². The van der Waals surface area contributed by atoms with Crippen molar-refractivity contribution >= 4 is 17.8 Å². The highest BCUT2D eigenvalue weighted by Gasteiger charge is 2.19. The number of nitrogens with one attached hydrogen (secondary N) is 2. The fraction of sp³-hybridized carbons (Fsp3) is 0.423. The first kappa shape index (κ1) is 25.2. The Morgan fingerprint density at radius 1 is 0.882 bits per heavy atom. The number of benzene rings is 2. The molecular weight excluding hydrogens is 432 g/mol. The molecule has 0 aromatic heterocycles. The largest absolute Gasteiger partial charge is 0.497 e. The summed E-state index contributed by atoms with van der Waals surface area (Å²) in [5.74, 6) is 0.664. The Morgan fingerprint density at radius 3 is 2.38 bits per heavy atom. The van der Waals surface area contributed by atoms with E-state index in [0.717, 1.165) is 42.9 Å². The molecule has 0 spiro atoms. The Balaban J connectivity index is 1.32. The third-order valence-corrected chi connectivity index (χ3v) is 5.93. The number of nitrogens with zero attached hydrogens (tertiary/aromatic N) is 2. The molecule has 0 saturated carbocycles. The van der Waals surface area contributed by atoms with Crippen LogP contribution in [0.15, 0.2) is 54.6 Å². The van der Waals surface area contributed by atoms with Crippen molar-refractivity contribution in [2.45, 2.75) is 32.2 Å². The summed E-state index contributed by atoms with van der Waals surface area (Å²) in [6.07, 6.45) is 2.29. The van der Waals surface area contributed by atoms with Crippen LogP contribution in [-0.4, -0.2) is 67.5 Å². The third-order valence-electron chi connectivity index (χ3n) is 5.93. The number of urea groups is 1. The topological polar surface area (TPSA) is 91.0 Å². The second kappa shape index (κ2) is 13.3. The molecule has 3 rings (SSSR count). The molecule has 0 aliphatic carbocycles. The van der Waals surface area contributed by atoms with Crippen LogP contribution in [-0.2, 0) is 22.6 Å². The molecule has 182 valence electrons. The van der Waals surface area contributed by atoms with Gasteiger partial charge in [-0.1, -0.05) is 42.5 Å². The van der Waals surface area contributed by atoms with Gasteiger partial charge in [-0.05, 0) is 42.6 Å². The van der Waals surface area contributed by atoms with Crippen LogP contribution < -0.4 is 15.4 Å². The molecule has 8 heteroatoms. The highest BCUT2D eigenvalue weighted by molar-refractivity contribution is 5.94. The van der Waals surface area contributed by atoms with E-state index in [-0.39, 0.29) is 18.2 Å². The molecule has 0 radical (unpaired) electrons. The van der Waals surface area contributed by atoms with E-state index >= 15 is 0 Å². The Hall–Kier alpha value is -3.39. The Bertz CT molecular complexity index is 934. The molecule has 1 heterocycles. The molecule has 4 amide bonds. The van der Waals surface area contributed by atoms with Crippen LogP contribution in [0.2, 0.25) is 0 Å². The normalized spacial score (nSPS) is 14.2. The van der Waals surface area contributed by atoms with Gasteiger partial charge < -0.3 is 19.9 Å². The Kier molecular flexibility index (Phi) is 9.91. The van der Waals surface area contributed by atoms with Crippen LogP contribution in [0.3, 0.4) is 0 Å². The number of carbonyl (C=O) groups excluding carboxylic acids is 3. The first-order valence-corrected chi connectivity index (χ1v) is 11.8. The minimum atomic E-state index is -0.488. The summed E-state index contributed by atoms with van der Waals surface area (Å²) >= 11 is 0. The van der Waals surface area contributed by atoms with Gasteiger partial charge in [0.05, 0.1) is 7.11 Å². The summed E-state index contributed by atoms with van der Waals surface area (Å²) in [7, 11) is 1.64. The zero-order chi connectivity index (χ0) is 24.2. The lowest BCUT2D eigenvalue weighted by molar-refractivity contribution is -0.131. The van der Waals surface area contributed by atoms with Crippen LogP contribution in [0.1, 0.15) is 30.4 Å². The van der Waals surface area contributed by atoms with E-state index in [0.29, 0.717) is 32.5 Å². The molecule has 0 atom stereocenters. The molecule has 0 unspecified atom stereocenters. The van der Waals surface area contributed by atoms with Crippen LogP contribution in [0.4, 0.5) is 4.79 Å². The zero-order valence-electron chi connectivity index (χ0n) is 19.8. The van der Waals surface area contributed by atoms with Crippen molar-refractivity contribution in [2.75, 3.05) is 39.8 Å². The van der Waals surface area contributed by atoms with Gasteiger partial charge in [0.1, 0.15) is 5.75 Å².